The normalized spacial score (nSPS) is 16.2. The average Bonchev–Trinajstić information content (AvgIpc) is 4.06. The van der Waals surface area contributed by atoms with Crippen molar-refractivity contribution in [2.24, 2.45) is 5.41 Å². The SMILES string of the molecule is Cc1ncsc1-c1ccc(CNC(=O)C2CCCN2C(=O)C(NC(=O)COCC(F)(F)CCOc2ccc(-c3ncc(N4C(=S)N(c5ccc(C#N)c(C(F)(F)F)c5F)C(=O)C4(C)C)cc3F)cc2F)C(C)(C)C)cc1. The number of thiocarbonyl (C=S) groups is 1. The van der Waals surface area contributed by atoms with Crippen LogP contribution >= 0.6 is 23.6 Å². The molecule has 24 heteroatoms. The molecule has 2 atom stereocenters. The number of alkyl halides is 5. The first-order valence-electron chi connectivity index (χ1n) is 23.5. The summed E-state index contributed by atoms with van der Waals surface area (Å²) in [7, 11) is 0. The number of amides is 4. The Labute approximate surface area is 441 Å². The first-order chi connectivity index (χ1) is 35.6. The molecule has 2 N–H and O–H groups in total. The fraction of sp³-hybridized carbons (Fsp3) is 0.385. The lowest BCUT2D eigenvalue weighted by Crippen LogP contribution is -2.58. The van der Waals surface area contributed by atoms with Gasteiger partial charge < -0.3 is 29.9 Å². The largest absolute Gasteiger partial charge is 0.490 e. The Morgan fingerprint density at radius 3 is 2.29 bits per heavy atom. The predicted molar refractivity (Wildman–Crippen MR) is 268 cm³/mol. The Morgan fingerprint density at radius 2 is 1.67 bits per heavy atom. The van der Waals surface area contributed by atoms with Crippen LogP contribution in [0.5, 0.6) is 5.75 Å². The molecule has 4 heterocycles. The minimum Gasteiger partial charge on any atom is -0.490 e. The zero-order chi connectivity index (χ0) is 55.7. The number of hydrogen-bond donors (Lipinski definition) is 2. The van der Waals surface area contributed by atoms with E-state index in [1.807, 2.05) is 31.2 Å². The van der Waals surface area contributed by atoms with Crippen LogP contribution in [0.2, 0.25) is 0 Å². The van der Waals surface area contributed by atoms with Gasteiger partial charge in [0, 0.05) is 31.1 Å². The van der Waals surface area contributed by atoms with Crippen molar-refractivity contribution < 1.29 is 63.8 Å². The Morgan fingerprint density at radius 1 is 0.974 bits per heavy atom. The number of carbonyl (C=O) groups excluding carboxylic acids is 4. The number of hydrogen-bond acceptors (Lipinski definition) is 11. The first kappa shape index (κ1) is 56.6. The van der Waals surface area contributed by atoms with Crippen LogP contribution in [0, 0.1) is 41.1 Å². The Kier molecular flexibility index (Phi) is 16.6. The maximum Gasteiger partial charge on any atom is 0.420 e. The van der Waals surface area contributed by atoms with Gasteiger partial charge in [-0.2, -0.15) is 18.4 Å². The summed E-state index contributed by atoms with van der Waals surface area (Å²) >= 11 is 6.93. The lowest BCUT2D eigenvalue weighted by Gasteiger charge is -2.35. The van der Waals surface area contributed by atoms with Gasteiger partial charge in [0.25, 0.3) is 11.8 Å². The predicted octanol–water partition coefficient (Wildman–Crippen LogP) is 9.66. The molecule has 2 aromatic heterocycles. The number of aryl methyl sites for hydroxylation is 1. The van der Waals surface area contributed by atoms with Crippen molar-refractivity contribution >= 4 is 63.7 Å². The lowest BCUT2D eigenvalue weighted by atomic mass is 9.85. The summed E-state index contributed by atoms with van der Waals surface area (Å²) in [4.78, 5) is 66.3. The van der Waals surface area contributed by atoms with Gasteiger partial charge in [0.1, 0.15) is 42.1 Å². The Hall–Kier alpha value is -7.10. The number of nitriles is 1. The zero-order valence-corrected chi connectivity index (χ0v) is 43.3. The fourth-order valence-electron chi connectivity index (χ4n) is 8.73. The van der Waals surface area contributed by atoms with Gasteiger partial charge in [0.05, 0.1) is 51.9 Å². The highest BCUT2D eigenvalue weighted by Gasteiger charge is 2.52. The van der Waals surface area contributed by atoms with Crippen LogP contribution in [0.3, 0.4) is 0 Å². The van der Waals surface area contributed by atoms with Crippen molar-refractivity contribution in [3.8, 4) is 33.5 Å². The smallest absolute Gasteiger partial charge is 0.420 e. The average molecular weight is 1100 g/mol. The van der Waals surface area contributed by atoms with Crippen molar-refractivity contribution in [3.63, 3.8) is 0 Å². The van der Waals surface area contributed by atoms with E-state index in [1.54, 1.807) is 26.3 Å². The van der Waals surface area contributed by atoms with Gasteiger partial charge in [-0.25, -0.2) is 26.9 Å². The number of rotatable bonds is 17. The second kappa shape index (κ2) is 22.2. The number of pyridine rings is 1. The fourth-order valence-corrected chi connectivity index (χ4v) is 10.1. The Balaban J connectivity index is 0.897. The van der Waals surface area contributed by atoms with E-state index in [0.29, 0.717) is 23.8 Å². The van der Waals surface area contributed by atoms with Crippen LogP contribution < -0.4 is 25.2 Å². The molecule has 2 unspecified atom stereocenters. The number of anilines is 2. The van der Waals surface area contributed by atoms with Gasteiger partial charge in [-0.05, 0) is 92.7 Å². The van der Waals surface area contributed by atoms with Crippen LogP contribution in [0.25, 0.3) is 21.7 Å². The first-order valence-corrected chi connectivity index (χ1v) is 24.8. The second-order valence-corrected chi connectivity index (χ2v) is 20.8. The number of ether oxygens (including phenoxy) is 2. The number of benzene rings is 3. The minimum absolute atomic E-state index is 0.136. The summed E-state index contributed by atoms with van der Waals surface area (Å²) < 4.78 is 128. The number of likely N-dealkylation sites (tertiary alicyclic amines) is 1. The molecule has 0 saturated carbocycles. The van der Waals surface area contributed by atoms with E-state index in [2.05, 4.69) is 20.6 Å². The number of carbonyl (C=O) groups is 4. The van der Waals surface area contributed by atoms with E-state index in [-0.39, 0.29) is 30.2 Å². The number of halogens is 8. The van der Waals surface area contributed by atoms with Gasteiger partial charge in [-0.3, -0.25) is 29.1 Å². The number of nitrogens with one attached hydrogen (secondary N) is 2. The molecule has 2 fully saturated rings. The molecule has 7 rings (SSSR count). The van der Waals surface area contributed by atoms with Crippen molar-refractivity contribution in [3.05, 3.63) is 112 Å². The second-order valence-electron chi connectivity index (χ2n) is 19.6. The van der Waals surface area contributed by atoms with Crippen LogP contribution in [0.1, 0.15) is 76.3 Å². The molecule has 4 amide bonds. The summed E-state index contributed by atoms with van der Waals surface area (Å²) in [5, 5.41) is 14.1. The van der Waals surface area contributed by atoms with Gasteiger partial charge >= 0.3 is 6.18 Å². The molecular formula is C52H50F8N8O6S2. The molecule has 76 heavy (non-hydrogen) atoms. The highest BCUT2D eigenvalue weighted by Crippen LogP contribution is 2.43. The van der Waals surface area contributed by atoms with Gasteiger partial charge in [-0.1, -0.05) is 45.0 Å². The molecule has 402 valence electrons. The van der Waals surface area contributed by atoms with Crippen LogP contribution in [-0.2, 0) is 36.6 Å². The third kappa shape index (κ3) is 12.1. The van der Waals surface area contributed by atoms with E-state index in [4.69, 9.17) is 27.0 Å². The third-order valence-corrected chi connectivity index (χ3v) is 14.0. The number of nitrogens with zero attached hydrogens (tertiary/aromatic N) is 6. The summed E-state index contributed by atoms with van der Waals surface area (Å²) in [6.45, 7) is 7.34. The van der Waals surface area contributed by atoms with Crippen molar-refractivity contribution in [1.29, 1.82) is 5.26 Å². The van der Waals surface area contributed by atoms with Crippen molar-refractivity contribution in [2.75, 3.05) is 36.2 Å². The van der Waals surface area contributed by atoms with Gasteiger partial charge in [0.2, 0.25) is 17.7 Å². The molecule has 0 bridgehead atoms. The van der Waals surface area contributed by atoms with Crippen LogP contribution in [0.4, 0.5) is 46.5 Å². The van der Waals surface area contributed by atoms with Crippen LogP contribution in [0.15, 0.2) is 72.4 Å². The maximum absolute atomic E-state index is 15.7. The molecule has 2 aliphatic heterocycles. The molecule has 0 aliphatic carbocycles. The van der Waals surface area contributed by atoms with E-state index in [9.17, 15) is 41.1 Å². The summed E-state index contributed by atoms with van der Waals surface area (Å²) in [5.41, 5.74) is -2.60. The highest BCUT2D eigenvalue weighted by molar-refractivity contribution is 7.81. The molecule has 0 spiro atoms. The molecule has 3 aromatic carbocycles. The topological polar surface area (TPSA) is 170 Å². The summed E-state index contributed by atoms with van der Waals surface area (Å²) in [5.74, 6) is -10.8. The zero-order valence-electron chi connectivity index (χ0n) is 41.7. The monoisotopic (exact) mass is 1100 g/mol. The molecule has 5 aromatic rings. The number of aromatic nitrogens is 2. The van der Waals surface area contributed by atoms with E-state index in [0.717, 1.165) is 57.1 Å². The molecule has 2 aliphatic rings. The maximum atomic E-state index is 15.7. The van der Waals surface area contributed by atoms with Crippen LogP contribution in [-0.4, -0.2) is 93.5 Å². The molecule has 0 radical (unpaired) electrons. The summed E-state index contributed by atoms with van der Waals surface area (Å²) in [6.07, 6.45) is -4.30. The van der Waals surface area contributed by atoms with Crippen molar-refractivity contribution in [2.45, 2.75) is 97.1 Å². The standard InChI is InChI=1S/C52H50F8N8O6S2/c1-28-43(76-27-64-28)30-11-9-29(10-12-30)23-63-45(70)37-8-7-18-66(37)46(71)44(49(2,3)4)65-39(69)25-73-26-51(56,57)17-19-74-38-16-14-31(20-34(38)53)42-35(54)21-33(24-62-42)68-48(75)67(47(72)50(68,5)6)36-15-13-32(22-61)40(41(36)55)52(58,59)60/h9-16,20-21,24,27,37,44H,7-8,17-19,23,25-26H2,1-6H3,(H,63,70)(H,65,69). The van der Waals surface area contributed by atoms with E-state index in [1.165, 1.54) is 42.2 Å². The van der Waals surface area contributed by atoms with Gasteiger partial charge in [0.15, 0.2) is 28.3 Å². The minimum atomic E-state index is -5.31. The van der Waals surface area contributed by atoms with E-state index < -0.39 is 130 Å². The van der Waals surface area contributed by atoms with Gasteiger partial charge in [-0.15, -0.1) is 11.3 Å². The quantitative estimate of drug-likeness (QED) is 0.0672. The number of thiazole rings is 1. The molecule has 2 saturated heterocycles. The van der Waals surface area contributed by atoms with Crippen molar-refractivity contribution in [1.82, 2.24) is 25.5 Å². The summed E-state index contributed by atoms with van der Waals surface area (Å²) in [6, 6.07) is 12.4. The Bertz CT molecular complexity index is 3100. The highest BCUT2D eigenvalue weighted by atomic mass is 32.1. The third-order valence-electron chi connectivity index (χ3n) is 12.7. The van der Waals surface area contributed by atoms with E-state index >= 15 is 13.2 Å². The lowest BCUT2D eigenvalue weighted by molar-refractivity contribution is -0.145. The molecule has 14 nitrogen and oxygen atoms in total. The molecular weight excluding hydrogens is 1050 g/mol.